The zero-order valence-electron chi connectivity index (χ0n) is 13.8. The number of aryl methyl sites for hydroxylation is 1. The van der Waals surface area contributed by atoms with Crippen LogP contribution >= 0.6 is 0 Å². The van der Waals surface area contributed by atoms with Gasteiger partial charge in [-0.15, -0.1) is 0 Å². The number of anilines is 1. The summed E-state index contributed by atoms with van der Waals surface area (Å²) in [5.41, 5.74) is 0.665. The topological polar surface area (TPSA) is 106 Å². The van der Waals surface area contributed by atoms with Gasteiger partial charge in [-0.2, -0.15) is 0 Å². The third-order valence-corrected chi connectivity index (χ3v) is 3.09. The number of benzene rings is 1. The van der Waals surface area contributed by atoms with Crippen molar-refractivity contribution in [3.63, 3.8) is 0 Å². The van der Waals surface area contributed by atoms with Crippen LogP contribution < -0.4 is 15.5 Å². The van der Waals surface area contributed by atoms with Crippen LogP contribution in [0.4, 0.5) is 11.4 Å². The molecule has 1 atom stereocenters. The number of nitro benzene ring substituents is 1. The van der Waals surface area contributed by atoms with Crippen molar-refractivity contribution in [3.05, 3.63) is 33.9 Å². The molecule has 1 aromatic rings. The van der Waals surface area contributed by atoms with Gasteiger partial charge < -0.3 is 15.5 Å². The first-order valence-corrected chi connectivity index (χ1v) is 7.35. The Balaban J connectivity index is 2.67. The van der Waals surface area contributed by atoms with Crippen LogP contribution in [0, 0.1) is 17.0 Å². The van der Waals surface area contributed by atoms with E-state index in [1.54, 1.807) is 26.1 Å². The summed E-state index contributed by atoms with van der Waals surface area (Å²) in [7, 11) is 1.71. The fourth-order valence-electron chi connectivity index (χ4n) is 2.13. The summed E-state index contributed by atoms with van der Waals surface area (Å²) >= 11 is 0. The van der Waals surface area contributed by atoms with E-state index >= 15 is 0 Å². The minimum atomic E-state index is -0.532. The summed E-state index contributed by atoms with van der Waals surface area (Å²) in [5.74, 6) is -0.524. The number of quaternary nitrogens is 1. The molecule has 1 rings (SSSR count). The van der Waals surface area contributed by atoms with Crippen LogP contribution in [0.2, 0.25) is 0 Å². The lowest BCUT2D eigenvalue weighted by Gasteiger charge is -2.15. The molecule has 2 amide bonds. The van der Waals surface area contributed by atoms with Crippen LogP contribution in [0.25, 0.3) is 0 Å². The second-order valence-corrected chi connectivity index (χ2v) is 5.81. The summed E-state index contributed by atoms with van der Waals surface area (Å²) < 4.78 is 0. The summed E-state index contributed by atoms with van der Waals surface area (Å²) in [6.07, 6.45) is 0. The Morgan fingerprint density at radius 1 is 1.26 bits per heavy atom. The van der Waals surface area contributed by atoms with E-state index in [2.05, 4.69) is 10.6 Å². The lowest BCUT2D eigenvalue weighted by Crippen LogP contribution is -3.11. The minimum Gasteiger partial charge on any atom is -0.349 e. The predicted octanol–water partition coefficient (Wildman–Crippen LogP) is -0.119. The van der Waals surface area contributed by atoms with E-state index < -0.39 is 4.92 Å². The standard InChI is InChI=1S/C15H22N4O4/c1-10(2)16-13(20)8-18(4)9-14(21)17-15-11(3)6-5-7-12(15)19(22)23/h5-7,10H,8-9H2,1-4H3,(H,16,20)(H,17,21)/p+1. The van der Waals surface area contributed by atoms with Crippen molar-refractivity contribution in [1.29, 1.82) is 0 Å². The van der Waals surface area contributed by atoms with Gasteiger partial charge in [0.1, 0.15) is 5.69 Å². The normalized spacial score (nSPS) is 11.9. The van der Waals surface area contributed by atoms with Gasteiger partial charge in [-0.05, 0) is 26.3 Å². The number of nitrogens with one attached hydrogen (secondary N) is 3. The quantitative estimate of drug-likeness (QED) is 0.480. The van der Waals surface area contributed by atoms with Gasteiger partial charge in [0.05, 0.1) is 12.0 Å². The van der Waals surface area contributed by atoms with Crippen LogP contribution in [0.15, 0.2) is 18.2 Å². The Bertz CT molecular complexity index is 601. The van der Waals surface area contributed by atoms with E-state index in [1.165, 1.54) is 6.07 Å². The third kappa shape index (κ3) is 6.03. The highest BCUT2D eigenvalue weighted by molar-refractivity contribution is 5.94. The van der Waals surface area contributed by atoms with Gasteiger partial charge in [0.2, 0.25) is 0 Å². The van der Waals surface area contributed by atoms with Gasteiger partial charge in [0, 0.05) is 12.1 Å². The van der Waals surface area contributed by atoms with Crippen molar-refractivity contribution in [3.8, 4) is 0 Å². The Morgan fingerprint density at radius 3 is 2.43 bits per heavy atom. The molecule has 0 aromatic heterocycles. The molecular formula is C15H23N4O4+. The number of hydrogen-bond acceptors (Lipinski definition) is 4. The van der Waals surface area contributed by atoms with Crippen molar-refractivity contribution < 1.29 is 19.4 Å². The third-order valence-electron chi connectivity index (χ3n) is 3.09. The number of nitrogens with zero attached hydrogens (tertiary/aromatic N) is 1. The maximum atomic E-state index is 12.1. The lowest BCUT2D eigenvalue weighted by atomic mass is 10.1. The molecule has 23 heavy (non-hydrogen) atoms. The van der Waals surface area contributed by atoms with Crippen molar-refractivity contribution in [2.24, 2.45) is 0 Å². The molecular weight excluding hydrogens is 300 g/mol. The molecule has 1 unspecified atom stereocenters. The van der Waals surface area contributed by atoms with E-state index in [0.29, 0.717) is 10.5 Å². The molecule has 0 saturated carbocycles. The molecule has 0 aliphatic carbocycles. The van der Waals surface area contributed by atoms with Gasteiger partial charge in [-0.1, -0.05) is 12.1 Å². The SMILES string of the molecule is Cc1cccc([N+](=O)[O-])c1NC(=O)C[NH+](C)CC(=O)NC(C)C. The second-order valence-electron chi connectivity index (χ2n) is 5.81. The summed E-state index contributed by atoms with van der Waals surface area (Å²) in [5, 5.41) is 16.3. The lowest BCUT2D eigenvalue weighted by molar-refractivity contribution is -0.862. The fraction of sp³-hybridized carbons (Fsp3) is 0.467. The van der Waals surface area contributed by atoms with Crippen LogP contribution in [0.3, 0.4) is 0 Å². The first kappa shape index (κ1) is 18.6. The minimum absolute atomic E-state index is 0.0387. The Hall–Kier alpha value is -2.48. The molecule has 0 aliphatic heterocycles. The maximum absolute atomic E-state index is 12.1. The van der Waals surface area contributed by atoms with Crippen LogP contribution in [-0.4, -0.2) is 42.9 Å². The molecule has 0 fully saturated rings. The van der Waals surface area contributed by atoms with E-state index in [9.17, 15) is 19.7 Å². The summed E-state index contributed by atoms with van der Waals surface area (Å²) in [6.45, 7) is 5.60. The first-order valence-electron chi connectivity index (χ1n) is 7.35. The maximum Gasteiger partial charge on any atom is 0.293 e. The van der Waals surface area contributed by atoms with Gasteiger partial charge in [-0.3, -0.25) is 19.7 Å². The fourth-order valence-corrected chi connectivity index (χ4v) is 2.13. The molecule has 0 spiro atoms. The number of amides is 2. The molecule has 8 heteroatoms. The number of likely N-dealkylation sites (N-methyl/N-ethyl adjacent to an activating group) is 1. The molecule has 0 saturated heterocycles. The first-order chi connectivity index (χ1) is 10.7. The predicted molar refractivity (Wildman–Crippen MR) is 86.4 cm³/mol. The van der Waals surface area contributed by atoms with Gasteiger partial charge >= 0.3 is 0 Å². The molecule has 0 aliphatic rings. The van der Waals surface area contributed by atoms with E-state index in [0.717, 1.165) is 0 Å². The van der Waals surface area contributed by atoms with E-state index in [-0.39, 0.29) is 42.3 Å². The number of carbonyl (C=O) groups excluding carboxylic acids is 2. The molecule has 8 nitrogen and oxygen atoms in total. The van der Waals surface area contributed by atoms with Crippen LogP contribution in [0.1, 0.15) is 19.4 Å². The number of carbonyl (C=O) groups is 2. The zero-order valence-corrected chi connectivity index (χ0v) is 13.8. The highest BCUT2D eigenvalue weighted by Crippen LogP contribution is 2.27. The Kier molecular flexibility index (Phi) is 6.65. The Labute approximate surface area is 135 Å². The van der Waals surface area contributed by atoms with Crippen molar-refractivity contribution in [2.75, 3.05) is 25.5 Å². The molecule has 126 valence electrons. The summed E-state index contributed by atoms with van der Waals surface area (Å²) in [4.78, 5) is 34.9. The smallest absolute Gasteiger partial charge is 0.293 e. The van der Waals surface area contributed by atoms with Gasteiger partial charge in [0.15, 0.2) is 13.1 Å². The van der Waals surface area contributed by atoms with Crippen LogP contribution in [-0.2, 0) is 9.59 Å². The highest BCUT2D eigenvalue weighted by atomic mass is 16.6. The average molecular weight is 323 g/mol. The van der Waals surface area contributed by atoms with Gasteiger partial charge in [-0.25, -0.2) is 0 Å². The highest BCUT2D eigenvalue weighted by Gasteiger charge is 2.20. The summed E-state index contributed by atoms with van der Waals surface area (Å²) in [6, 6.07) is 4.64. The monoisotopic (exact) mass is 323 g/mol. The number of nitro groups is 1. The molecule has 0 radical (unpaired) electrons. The number of para-hydroxylation sites is 1. The molecule has 0 heterocycles. The number of rotatable bonds is 7. The van der Waals surface area contributed by atoms with Gasteiger partial charge in [0.25, 0.3) is 17.5 Å². The second kappa shape index (κ2) is 8.23. The molecule has 0 bridgehead atoms. The van der Waals surface area contributed by atoms with Crippen molar-refractivity contribution in [1.82, 2.24) is 5.32 Å². The van der Waals surface area contributed by atoms with Crippen LogP contribution in [0.5, 0.6) is 0 Å². The van der Waals surface area contributed by atoms with Crippen molar-refractivity contribution >= 4 is 23.2 Å². The largest absolute Gasteiger partial charge is 0.349 e. The van der Waals surface area contributed by atoms with E-state index in [4.69, 9.17) is 0 Å². The average Bonchev–Trinajstić information content (AvgIpc) is 2.39. The Morgan fingerprint density at radius 2 is 1.87 bits per heavy atom. The molecule has 3 N–H and O–H groups in total. The van der Waals surface area contributed by atoms with Crippen molar-refractivity contribution in [2.45, 2.75) is 26.8 Å². The zero-order chi connectivity index (χ0) is 17.6. The molecule has 1 aromatic carbocycles. The number of hydrogen-bond donors (Lipinski definition) is 3. The van der Waals surface area contributed by atoms with E-state index in [1.807, 2.05) is 13.8 Å².